The molecule has 0 fully saturated rings. The van der Waals surface area contributed by atoms with Crippen LogP contribution in [0.1, 0.15) is 0 Å². The largest absolute Gasteiger partial charge is 0.0814 e. The van der Waals surface area contributed by atoms with Crippen LogP contribution >= 0.6 is 0 Å². The van der Waals surface area contributed by atoms with Gasteiger partial charge in [0.2, 0.25) is 0 Å². The molecule has 0 spiro atoms. The molecule has 0 atom stereocenters. The molecule has 0 rings (SSSR count). The number of hydrogen-bond donors (Lipinski definition) is 0. The molecule has 0 aromatic carbocycles. The maximum atomic E-state index is 0. The average Bonchev–Trinajstić information content (AvgIpc) is 0. The monoisotopic (exact) mass is 195 g/mol. The third-order valence-corrected chi connectivity index (χ3v) is 0. The van der Waals surface area contributed by atoms with Crippen molar-refractivity contribution in [2.45, 2.75) is 0 Å². The van der Waals surface area contributed by atoms with Gasteiger partial charge in [-0.1, -0.05) is 0 Å². The smallest absolute Gasteiger partial charge is 0 e. The quantitative estimate of drug-likeness (QED) is 0.335. The molecule has 0 bridgehead atoms. The lowest BCUT2D eigenvalue weighted by Gasteiger charge is -0.000130. The Bertz CT molecular complexity index is 5.09. The Hall–Kier alpha value is 1.31. The molecule has 0 amide bonds. The molecule has 0 saturated heterocycles. The molecule has 0 aromatic heterocycles. The van der Waals surface area contributed by atoms with Crippen LogP contribution in [0.25, 0.3) is 0 Å². The predicted molar refractivity (Wildman–Crippen MR) is 125 cm³/mol. The van der Waals surface area contributed by atoms with Crippen LogP contribution in [0.5, 0.6) is 0 Å². The molecule has 0 heterocycles. The third kappa shape index (κ3) is 990. The Morgan fingerprint density at radius 1 is 0.154 bits per heavy atom. The minimum absolute atomic E-state index is 0. The van der Waals surface area contributed by atoms with E-state index in [2.05, 4.69) is 0 Å². The summed E-state index contributed by atoms with van der Waals surface area (Å²) >= 11 is 0. The zero-order valence-electron chi connectivity index (χ0n) is 0.577. The molecule has 75 valence electrons. The zero-order valence-corrected chi connectivity index (χ0v) is 1.73. The minimum atomic E-state index is 0. The summed E-state index contributed by atoms with van der Waals surface area (Å²) in [6, 6.07) is 0. The maximum Gasteiger partial charge on any atom is 0.0814 e. The van der Waals surface area contributed by atoms with E-state index in [-0.39, 0.29) is 118 Å². The van der Waals surface area contributed by atoms with Crippen LogP contribution in [0.15, 0.2) is 0 Å². The van der Waals surface area contributed by atoms with Crippen LogP contribution in [-0.4, -0.2) is 118 Å². The summed E-state index contributed by atoms with van der Waals surface area (Å²) in [6.07, 6.45) is 0. The van der Waals surface area contributed by atoms with E-state index < -0.39 is 0 Å². The van der Waals surface area contributed by atoms with Gasteiger partial charge in [-0.05, 0) is 0 Å². The molecule has 0 N–H and O–H groups in total. The molecule has 13 heavy (non-hydrogen) atoms. The lowest BCUT2D eigenvalue weighted by atomic mass is 10.8. The minimum Gasteiger partial charge on any atom is 0 e. The SMILES string of the molecule is B.B.B.B.B.B.B.B.B.B.B.B.[Al]. The Labute approximate surface area is 118 Å². The van der Waals surface area contributed by atoms with Crippen molar-refractivity contribution in [2.24, 2.45) is 0 Å². The summed E-state index contributed by atoms with van der Waals surface area (Å²) in [5.41, 5.74) is 0. The van der Waals surface area contributed by atoms with E-state index in [4.69, 9.17) is 0 Å². The second-order valence-electron chi connectivity index (χ2n) is 0. The highest BCUT2D eigenvalue weighted by Crippen LogP contribution is -0.369. The van der Waals surface area contributed by atoms with Crippen LogP contribution < -0.4 is 0 Å². The van der Waals surface area contributed by atoms with E-state index in [9.17, 15) is 0 Å². The van der Waals surface area contributed by atoms with Crippen molar-refractivity contribution in [1.29, 1.82) is 0 Å². The molecular formula is H36AlB12. The van der Waals surface area contributed by atoms with E-state index in [1.807, 2.05) is 0 Å². The first-order valence-corrected chi connectivity index (χ1v) is 0. The highest BCUT2D eigenvalue weighted by molar-refractivity contribution is 5.77. The van der Waals surface area contributed by atoms with Gasteiger partial charge in [-0.3, -0.25) is 0 Å². The van der Waals surface area contributed by atoms with Crippen molar-refractivity contribution >= 4 is 118 Å². The van der Waals surface area contributed by atoms with Gasteiger partial charge < -0.3 is 0 Å². The van der Waals surface area contributed by atoms with Gasteiger partial charge in [-0.15, -0.1) is 0 Å². The standard InChI is InChI=1S/Al.12BH3/h;12*1H3. The fourth-order valence-electron chi connectivity index (χ4n) is 0. The lowest BCUT2D eigenvalue weighted by molar-refractivity contribution is 5.75. The van der Waals surface area contributed by atoms with E-state index in [0.29, 0.717) is 0 Å². The van der Waals surface area contributed by atoms with Gasteiger partial charge >= 0.3 is 0 Å². The molecule has 3 radical (unpaired) electrons. The number of hydrogen-bond acceptors (Lipinski definition) is 0. The summed E-state index contributed by atoms with van der Waals surface area (Å²) in [6.45, 7) is 0. The van der Waals surface area contributed by atoms with Crippen LogP contribution in [0.3, 0.4) is 0 Å². The van der Waals surface area contributed by atoms with Gasteiger partial charge in [-0.25, -0.2) is 0 Å². The first kappa shape index (κ1) is 1470. The second kappa shape index (κ2) is 1170. The molecule has 0 aliphatic rings. The third-order valence-electron chi connectivity index (χ3n) is 0. The van der Waals surface area contributed by atoms with E-state index in [0.717, 1.165) is 0 Å². The van der Waals surface area contributed by atoms with E-state index in [1.54, 1.807) is 0 Å². The number of rotatable bonds is 0. The van der Waals surface area contributed by atoms with Crippen molar-refractivity contribution < 1.29 is 0 Å². The molecule has 0 aliphatic heterocycles. The van der Waals surface area contributed by atoms with Crippen molar-refractivity contribution in [3.8, 4) is 0 Å². The van der Waals surface area contributed by atoms with Crippen LogP contribution in [0.4, 0.5) is 0 Å². The lowest BCUT2D eigenvalue weighted by Crippen LogP contribution is -0.382. The second-order valence-corrected chi connectivity index (χ2v) is 0. The summed E-state index contributed by atoms with van der Waals surface area (Å²) < 4.78 is 0. The Morgan fingerprint density at radius 2 is 0.154 bits per heavy atom. The molecule has 13 heteroatoms. The zero-order chi connectivity index (χ0) is 0. The van der Waals surface area contributed by atoms with Gasteiger partial charge in [0.25, 0.3) is 0 Å². The Kier molecular flexibility index (Phi) is 133000. The van der Waals surface area contributed by atoms with Crippen molar-refractivity contribution in [3.05, 3.63) is 0 Å². The van der Waals surface area contributed by atoms with Crippen molar-refractivity contribution in [1.82, 2.24) is 0 Å². The summed E-state index contributed by atoms with van der Waals surface area (Å²) in [5.74, 6) is 0. The van der Waals surface area contributed by atoms with Gasteiger partial charge in [0.1, 0.15) is 0 Å². The molecular weight excluding hydrogens is 157 g/mol. The maximum absolute atomic E-state index is 0. The Morgan fingerprint density at radius 3 is 0.154 bits per heavy atom. The highest BCUT2D eigenvalue weighted by Gasteiger charge is 0.0925. The van der Waals surface area contributed by atoms with Crippen LogP contribution in [0, 0.1) is 0 Å². The highest BCUT2D eigenvalue weighted by atomic mass is 27.0. The molecule has 0 aromatic rings. The van der Waals surface area contributed by atoms with Gasteiger partial charge in [0.05, 0.1) is 101 Å². The predicted octanol–water partition coefficient (Wildman–Crippen LogP) is -14.6. The summed E-state index contributed by atoms with van der Waals surface area (Å²) in [5, 5.41) is 0. The average molecular weight is 193 g/mol. The molecule has 0 saturated carbocycles. The van der Waals surface area contributed by atoms with Crippen LogP contribution in [-0.2, 0) is 0 Å². The fraction of sp³-hybridized carbons (Fsp3) is 0. The first-order chi connectivity index (χ1) is 0. The van der Waals surface area contributed by atoms with E-state index >= 15 is 0 Å². The van der Waals surface area contributed by atoms with E-state index in [1.165, 1.54) is 0 Å². The molecule has 0 unspecified atom stereocenters. The van der Waals surface area contributed by atoms with Gasteiger partial charge in [0.15, 0.2) is 0 Å². The fourth-order valence-corrected chi connectivity index (χ4v) is 0. The first-order valence-electron chi connectivity index (χ1n) is 0. The summed E-state index contributed by atoms with van der Waals surface area (Å²) in [4.78, 5) is 0. The van der Waals surface area contributed by atoms with Crippen LogP contribution in [0.2, 0.25) is 0 Å². The summed E-state index contributed by atoms with van der Waals surface area (Å²) in [7, 11) is 0. The topological polar surface area (TPSA) is 0 Å². The van der Waals surface area contributed by atoms with Gasteiger partial charge in [-0.2, -0.15) is 0 Å². The molecule has 0 aliphatic carbocycles. The van der Waals surface area contributed by atoms with Crippen molar-refractivity contribution in [3.63, 3.8) is 0 Å². The van der Waals surface area contributed by atoms with Gasteiger partial charge in [0, 0.05) is 17.4 Å². The normalized spacial score (nSPS) is 0. The Balaban J connectivity index is 0. The molecule has 0 nitrogen and oxygen atoms in total. The van der Waals surface area contributed by atoms with Crippen molar-refractivity contribution in [2.75, 3.05) is 0 Å².